The molecule has 576 valence electrons. The lowest BCUT2D eigenvalue weighted by atomic mass is 9.78. The van der Waals surface area contributed by atoms with E-state index in [1.807, 2.05) is 0 Å². The largest absolute Gasteiger partial charge is 0.497 e. The van der Waals surface area contributed by atoms with E-state index in [9.17, 15) is 44.1 Å². The van der Waals surface area contributed by atoms with Crippen LogP contribution in [-0.4, -0.2) is 225 Å². The number of amides is 6. The third-order valence-electron chi connectivity index (χ3n) is 20.5. The van der Waals surface area contributed by atoms with Crippen LogP contribution in [0.4, 0.5) is 14.4 Å². The minimum absolute atomic E-state index is 0.0306. The van der Waals surface area contributed by atoms with Crippen molar-refractivity contribution in [2.45, 2.75) is 110 Å². The van der Waals surface area contributed by atoms with Gasteiger partial charge in [-0.05, 0) is 70.8 Å². The van der Waals surface area contributed by atoms with E-state index >= 15 is 14.4 Å². The molecule has 0 saturated carbocycles. The molecule has 7 aromatic rings. The van der Waals surface area contributed by atoms with Crippen LogP contribution in [-0.2, 0) is 57.6 Å². The van der Waals surface area contributed by atoms with Gasteiger partial charge in [0, 0.05) is 116 Å². The highest BCUT2D eigenvalue weighted by molar-refractivity contribution is 6.59. The second kappa shape index (κ2) is 36.4. The average Bonchev–Trinajstić information content (AvgIpc) is 1.51. The summed E-state index contributed by atoms with van der Waals surface area (Å²) in [4.78, 5) is 128. The van der Waals surface area contributed by atoms with Gasteiger partial charge in [-0.25, -0.2) is 14.4 Å². The summed E-state index contributed by atoms with van der Waals surface area (Å²) in [6.07, 6.45) is -5.74. The molecule has 0 aliphatic carbocycles. The summed E-state index contributed by atoms with van der Waals surface area (Å²) in [6, 6.07) is 52.2. The highest BCUT2D eigenvalue weighted by atomic mass is 28.4. The van der Waals surface area contributed by atoms with Crippen LogP contribution in [0.5, 0.6) is 0 Å². The number of nitrogens with zero attached hydrogens (tertiary/aromatic N) is 3. The van der Waals surface area contributed by atoms with Gasteiger partial charge in [0.05, 0.1) is 37.8 Å². The molecule has 27 nitrogen and oxygen atoms in total. The van der Waals surface area contributed by atoms with Crippen molar-refractivity contribution in [1.29, 1.82) is 0 Å². The van der Waals surface area contributed by atoms with Gasteiger partial charge in [-0.15, -0.1) is 0 Å². The first kappa shape index (κ1) is 81.4. The van der Waals surface area contributed by atoms with Crippen LogP contribution < -0.4 is 16.0 Å². The first-order chi connectivity index (χ1) is 51.9. The Bertz CT molecular complexity index is 3580. The van der Waals surface area contributed by atoms with Crippen molar-refractivity contribution in [2.24, 2.45) is 0 Å². The van der Waals surface area contributed by atoms with Gasteiger partial charge < -0.3 is 101 Å². The topological polar surface area (TPSA) is 353 Å². The van der Waals surface area contributed by atoms with Crippen LogP contribution in [0, 0.1) is 0 Å². The third kappa shape index (κ3) is 18.6. The molecule has 108 heavy (non-hydrogen) atoms. The Kier molecular flexibility index (Phi) is 27.5. The first-order valence-electron chi connectivity index (χ1n) is 35.8. The molecule has 0 radical (unpaired) electrons. The Hall–Kier alpha value is -9.07. The van der Waals surface area contributed by atoms with E-state index in [2.05, 4.69) is 16.0 Å². The van der Waals surface area contributed by atoms with Gasteiger partial charge in [-0.1, -0.05) is 182 Å². The third-order valence-corrected chi connectivity index (χ3v) is 27.3. The molecule has 10 rings (SSSR count). The number of rotatable bonds is 33. The standard InChI is InChI=1S/C78H96N6O21Si3/c1-97-106(94,98-2)43-25-40-79-73(88)103-64-49-67(76(91,58-28-13-7-14-29-58)59-30-15-8-16-31-59)82(52-64)70(85)55-46-56(71(86)83-53-65(104-74(89)80-41-26-44-107(95,99-3)100-4)50-68(83)77(92,60-32-17-9-18-33-60)61-34-19-10-20-35-61)48-57(47-55)72(87)84-54-66(105-75(90)81-42-27-45-108(96,101-5)102-6)51-69(84)78(93,62-36-21-11-22-37-62)63-38-23-12-24-39-63/h7-24,28-39,46-48,64-69,91-96H,25-27,40-45,49-54H2,1-6H3,(H,79,88)(H,80,89)(H,81,90)/t64-,65-,66-,67+,68+,69+/m1/s1. The molecule has 7 aromatic carbocycles. The molecule has 3 fully saturated rings. The molecule has 3 aliphatic rings. The zero-order valence-electron chi connectivity index (χ0n) is 61.3. The van der Waals surface area contributed by atoms with Crippen molar-refractivity contribution in [1.82, 2.24) is 30.7 Å². The number of alkyl carbamates (subject to hydrolysis) is 3. The number of aliphatic hydroxyl groups is 3. The Morgan fingerprint density at radius 2 is 0.546 bits per heavy atom. The minimum Gasteiger partial charge on any atom is -0.444 e. The predicted molar refractivity (Wildman–Crippen MR) is 401 cm³/mol. The first-order valence-corrected chi connectivity index (χ1v) is 41.7. The van der Waals surface area contributed by atoms with Crippen molar-refractivity contribution in [3.05, 3.63) is 250 Å². The number of hydrogen-bond acceptors (Lipinski definition) is 21. The second-order valence-electron chi connectivity index (χ2n) is 27.0. The van der Waals surface area contributed by atoms with Crippen molar-refractivity contribution in [3.8, 4) is 0 Å². The number of ether oxygens (including phenoxy) is 3. The van der Waals surface area contributed by atoms with Crippen molar-refractivity contribution in [2.75, 3.05) is 81.9 Å². The molecule has 0 unspecified atom stereocenters. The van der Waals surface area contributed by atoms with Crippen molar-refractivity contribution in [3.63, 3.8) is 0 Å². The molecule has 6 amide bonds. The fraction of sp³-hybridized carbons (Fsp3) is 0.385. The zero-order chi connectivity index (χ0) is 77.3. The van der Waals surface area contributed by atoms with E-state index in [-0.39, 0.29) is 113 Å². The molecule has 30 heteroatoms. The number of likely N-dealkylation sites (tertiary alicyclic amines) is 3. The SMILES string of the molecule is CO[Si](O)(CCCNC(=O)O[C@@H]1C[C@@H](C(O)(c2ccccc2)c2ccccc2)N(C(=O)c2cc(C(=O)N3C[C@H](OC(=O)NCCC[Si](O)(OC)OC)C[C@H]3C(O)(c3ccccc3)c3ccccc3)cc(C(=O)N3C[C@H](OC(=O)NCCC[Si](O)(OC)OC)C[C@H]3C(O)(c3ccccc3)c3ccccc3)c2)C1)OC. The number of carbonyl (C=O) groups excluding carboxylic acids is 6. The van der Waals surface area contributed by atoms with Crippen LogP contribution in [0.2, 0.25) is 18.1 Å². The molecular weight excluding hydrogens is 1440 g/mol. The van der Waals surface area contributed by atoms with Crippen LogP contribution in [0.1, 0.15) is 103 Å². The van der Waals surface area contributed by atoms with Gasteiger partial charge in [0.25, 0.3) is 17.7 Å². The van der Waals surface area contributed by atoms with E-state index in [1.54, 1.807) is 182 Å². The van der Waals surface area contributed by atoms with E-state index in [0.717, 1.165) is 0 Å². The molecule has 0 spiro atoms. The van der Waals surface area contributed by atoms with Crippen LogP contribution in [0.25, 0.3) is 0 Å². The number of carbonyl (C=O) groups is 6. The summed E-state index contributed by atoms with van der Waals surface area (Å²) in [5.41, 5.74) is -4.85. The number of benzene rings is 7. The van der Waals surface area contributed by atoms with Gasteiger partial charge in [0.1, 0.15) is 35.1 Å². The summed E-state index contributed by atoms with van der Waals surface area (Å²) < 4.78 is 49.7. The summed E-state index contributed by atoms with van der Waals surface area (Å²) in [6.45, 7) is -0.961. The maximum Gasteiger partial charge on any atom is 0.497 e. The van der Waals surface area contributed by atoms with Gasteiger partial charge >= 0.3 is 44.7 Å². The molecule has 6 atom stereocenters. The molecular formula is C78H96N6O21Si3. The highest BCUT2D eigenvalue weighted by Gasteiger charge is 2.55. The maximum atomic E-state index is 16.6. The number of nitrogens with one attached hydrogen (secondary N) is 3. The molecule has 3 aliphatic heterocycles. The van der Waals surface area contributed by atoms with Crippen molar-refractivity contribution < 1.29 is 99.2 Å². The normalized spacial score (nSPS) is 18.5. The zero-order valence-corrected chi connectivity index (χ0v) is 64.3. The molecule has 3 saturated heterocycles. The Morgan fingerprint density at radius 1 is 0.352 bits per heavy atom. The van der Waals surface area contributed by atoms with E-state index in [4.69, 9.17) is 40.8 Å². The average molecular weight is 1540 g/mol. The second-order valence-corrected chi connectivity index (χ2v) is 35.2. The maximum absolute atomic E-state index is 16.6. The van der Waals surface area contributed by atoms with E-state index in [1.165, 1.54) is 75.6 Å². The molecule has 3 heterocycles. The molecule has 0 bridgehead atoms. The summed E-state index contributed by atoms with van der Waals surface area (Å²) >= 11 is 0. The van der Waals surface area contributed by atoms with Gasteiger partial charge in [0.15, 0.2) is 0 Å². The fourth-order valence-electron chi connectivity index (χ4n) is 14.8. The summed E-state index contributed by atoms with van der Waals surface area (Å²) in [7, 11) is -2.55. The van der Waals surface area contributed by atoms with E-state index < -0.39 is 116 Å². The quantitative estimate of drug-likeness (QED) is 0.0111. The predicted octanol–water partition coefficient (Wildman–Crippen LogP) is 7.27. The van der Waals surface area contributed by atoms with Gasteiger partial charge in [-0.3, -0.25) is 14.4 Å². The Labute approximate surface area is 631 Å². The monoisotopic (exact) mass is 1540 g/mol. The van der Waals surface area contributed by atoms with Crippen molar-refractivity contribution >= 4 is 62.4 Å². The lowest BCUT2D eigenvalue weighted by Gasteiger charge is -2.40. The minimum atomic E-state index is -3.51. The molecule has 0 aromatic heterocycles. The lowest BCUT2D eigenvalue weighted by molar-refractivity contribution is -0.00186. The smallest absolute Gasteiger partial charge is 0.444 e. The lowest BCUT2D eigenvalue weighted by Crippen LogP contribution is -2.51. The summed E-state index contributed by atoms with van der Waals surface area (Å²) in [5, 5.41) is 49.4. The number of hydrogen-bond donors (Lipinski definition) is 9. The fourth-order valence-corrected chi connectivity index (χ4v) is 18.4. The van der Waals surface area contributed by atoms with Gasteiger partial charge in [-0.2, -0.15) is 0 Å². The Balaban J connectivity index is 1.11. The van der Waals surface area contributed by atoms with Crippen LogP contribution >= 0.6 is 0 Å². The molecule has 9 N–H and O–H groups in total. The van der Waals surface area contributed by atoms with Gasteiger partial charge in [0.2, 0.25) is 0 Å². The van der Waals surface area contributed by atoms with E-state index in [0.29, 0.717) is 33.4 Å². The Morgan fingerprint density at radius 3 is 0.731 bits per heavy atom. The van der Waals surface area contributed by atoms with Crippen LogP contribution in [0.15, 0.2) is 200 Å². The highest BCUT2D eigenvalue weighted by Crippen LogP contribution is 2.46. The summed E-state index contributed by atoms with van der Waals surface area (Å²) in [5.74, 6) is -2.54. The van der Waals surface area contributed by atoms with Crippen LogP contribution in [0.3, 0.4) is 0 Å².